The van der Waals surface area contributed by atoms with Gasteiger partial charge in [-0.2, -0.15) is 0 Å². The third kappa shape index (κ3) is 4.74. The number of halogens is 1. The predicted molar refractivity (Wildman–Crippen MR) is 108 cm³/mol. The van der Waals surface area contributed by atoms with Crippen molar-refractivity contribution in [2.75, 3.05) is 11.9 Å². The molecule has 3 heterocycles. The average molecular weight is 387 g/mol. The Bertz CT molecular complexity index is 962. The van der Waals surface area contributed by atoms with Crippen LogP contribution in [0.1, 0.15) is 27.7 Å². The van der Waals surface area contributed by atoms with Gasteiger partial charge in [0.25, 0.3) is 0 Å². The van der Waals surface area contributed by atoms with Crippen LogP contribution in [0.3, 0.4) is 0 Å². The van der Waals surface area contributed by atoms with E-state index in [0.29, 0.717) is 23.1 Å². The molecule has 3 rings (SSSR count). The molecule has 27 heavy (non-hydrogen) atoms. The summed E-state index contributed by atoms with van der Waals surface area (Å²) in [6.45, 7) is 8.61. The van der Waals surface area contributed by atoms with Crippen molar-refractivity contribution in [3.05, 3.63) is 35.9 Å². The topological polar surface area (TPSA) is 95.6 Å². The number of hydrogen-bond acceptors (Lipinski definition) is 5. The highest BCUT2D eigenvalue weighted by Gasteiger charge is 2.17. The summed E-state index contributed by atoms with van der Waals surface area (Å²) in [6, 6.07) is 1.40. The lowest BCUT2D eigenvalue weighted by molar-refractivity contribution is -0.121. The lowest BCUT2D eigenvalue weighted by Gasteiger charge is -2.21. The monoisotopic (exact) mass is 386 g/mol. The molecule has 0 saturated carbocycles. The van der Waals surface area contributed by atoms with E-state index in [0.717, 1.165) is 16.6 Å². The number of fused-ring (bicyclic) bond motifs is 1. The van der Waals surface area contributed by atoms with E-state index >= 15 is 0 Å². The number of H-pyrrole nitrogens is 1. The fourth-order valence-electron chi connectivity index (χ4n) is 2.55. The highest BCUT2D eigenvalue weighted by molar-refractivity contribution is 6.31. The number of carbonyl (C=O) groups excluding carboxylic acids is 1. The molecular formula is C19H23ClN6O. The number of anilines is 1. The van der Waals surface area contributed by atoms with Crippen LogP contribution < -0.4 is 10.6 Å². The number of carbonyl (C=O) groups is 1. The first-order chi connectivity index (χ1) is 12.7. The summed E-state index contributed by atoms with van der Waals surface area (Å²) in [5, 5.41) is 7.46. The van der Waals surface area contributed by atoms with Crippen LogP contribution in [0.15, 0.2) is 30.9 Å². The van der Waals surface area contributed by atoms with Crippen molar-refractivity contribution in [1.29, 1.82) is 0 Å². The Morgan fingerprint density at radius 2 is 2.07 bits per heavy atom. The lowest BCUT2D eigenvalue weighted by atomic mass is 9.97. The van der Waals surface area contributed by atoms with Gasteiger partial charge in [0.05, 0.1) is 23.1 Å². The van der Waals surface area contributed by atoms with E-state index < -0.39 is 6.04 Å². The highest BCUT2D eigenvalue weighted by Crippen LogP contribution is 2.28. The Kier molecular flexibility index (Phi) is 5.32. The molecule has 0 saturated heterocycles. The normalized spacial score (nSPS) is 12.8. The molecule has 0 aliphatic carbocycles. The zero-order valence-electron chi connectivity index (χ0n) is 15.8. The quantitative estimate of drug-likeness (QED) is 0.622. The van der Waals surface area contributed by atoms with Crippen LogP contribution in [0.5, 0.6) is 0 Å². The molecule has 7 nitrogen and oxygen atoms in total. The van der Waals surface area contributed by atoms with Crippen LogP contribution in [-0.2, 0) is 4.79 Å². The van der Waals surface area contributed by atoms with Gasteiger partial charge in [0.1, 0.15) is 17.5 Å². The Morgan fingerprint density at radius 1 is 1.30 bits per heavy atom. The van der Waals surface area contributed by atoms with Crippen molar-refractivity contribution < 1.29 is 4.79 Å². The molecule has 0 aromatic carbocycles. The Morgan fingerprint density at radius 3 is 2.81 bits per heavy atom. The van der Waals surface area contributed by atoms with Crippen LogP contribution in [-0.4, -0.2) is 38.4 Å². The van der Waals surface area contributed by atoms with Crippen molar-refractivity contribution in [1.82, 2.24) is 25.3 Å². The van der Waals surface area contributed by atoms with E-state index in [1.807, 2.05) is 12.3 Å². The molecule has 1 amide bonds. The summed E-state index contributed by atoms with van der Waals surface area (Å²) in [7, 11) is 0. The van der Waals surface area contributed by atoms with Gasteiger partial charge >= 0.3 is 0 Å². The SMILES string of the molecule is C[C@H](Nc1cncc(-c2c[nH]c3ncc(Cl)cc23)n1)C(=O)NCC(C)(C)C. The second kappa shape index (κ2) is 7.52. The molecule has 0 unspecified atom stereocenters. The second-order valence-electron chi connectivity index (χ2n) is 7.69. The molecule has 0 aliphatic heterocycles. The number of pyridine rings is 1. The molecule has 0 spiro atoms. The van der Waals surface area contributed by atoms with Crippen molar-refractivity contribution in [3.63, 3.8) is 0 Å². The van der Waals surface area contributed by atoms with Crippen molar-refractivity contribution in [3.8, 4) is 11.3 Å². The number of aromatic amines is 1. The predicted octanol–water partition coefficient (Wildman–Crippen LogP) is 3.64. The zero-order valence-corrected chi connectivity index (χ0v) is 16.6. The molecule has 0 aliphatic rings. The fourth-order valence-corrected chi connectivity index (χ4v) is 2.71. The number of nitrogens with one attached hydrogen (secondary N) is 3. The first kappa shape index (κ1) is 19.1. The van der Waals surface area contributed by atoms with E-state index in [9.17, 15) is 4.79 Å². The van der Waals surface area contributed by atoms with Gasteiger partial charge in [-0.3, -0.25) is 9.78 Å². The molecule has 3 aromatic rings. The minimum absolute atomic E-state index is 0.0275. The molecule has 1 atom stereocenters. The molecule has 0 bridgehead atoms. The molecular weight excluding hydrogens is 364 g/mol. The van der Waals surface area contributed by atoms with E-state index in [1.54, 1.807) is 25.5 Å². The van der Waals surface area contributed by atoms with E-state index in [4.69, 9.17) is 11.6 Å². The van der Waals surface area contributed by atoms with Gasteiger partial charge in [0, 0.05) is 29.9 Å². The van der Waals surface area contributed by atoms with Crippen LogP contribution in [0.2, 0.25) is 5.02 Å². The van der Waals surface area contributed by atoms with Crippen molar-refractivity contribution in [2.45, 2.75) is 33.7 Å². The average Bonchev–Trinajstić information content (AvgIpc) is 3.02. The first-order valence-corrected chi connectivity index (χ1v) is 9.10. The van der Waals surface area contributed by atoms with Crippen molar-refractivity contribution in [2.24, 2.45) is 5.41 Å². The molecule has 0 fully saturated rings. The van der Waals surface area contributed by atoms with E-state index in [2.05, 4.69) is 51.3 Å². The molecule has 3 N–H and O–H groups in total. The summed E-state index contributed by atoms with van der Waals surface area (Å²) in [6.07, 6.45) is 6.67. The summed E-state index contributed by atoms with van der Waals surface area (Å²) in [5.74, 6) is 0.440. The third-order valence-electron chi connectivity index (χ3n) is 3.96. The van der Waals surface area contributed by atoms with Crippen LogP contribution in [0, 0.1) is 5.41 Å². The van der Waals surface area contributed by atoms with Crippen molar-refractivity contribution >= 4 is 34.4 Å². The summed E-state index contributed by atoms with van der Waals surface area (Å²) in [5.41, 5.74) is 2.27. The Balaban J connectivity index is 1.77. The minimum atomic E-state index is -0.434. The lowest BCUT2D eigenvalue weighted by Crippen LogP contribution is -2.41. The van der Waals surface area contributed by atoms with Gasteiger partial charge in [0.15, 0.2) is 0 Å². The summed E-state index contributed by atoms with van der Waals surface area (Å²) >= 11 is 6.06. The van der Waals surface area contributed by atoms with E-state index in [-0.39, 0.29) is 11.3 Å². The maximum Gasteiger partial charge on any atom is 0.242 e. The number of nitrogens with zero attached hydrogens (tertiary/aromatic N) is 3. The van der Waals surface area contributed by atoms with Crippen LogP contribution >= 0.6 is 11.6 Å². The summed E-state index contributed by atoms with van der Waals surface area (Å²) < 4.78 is 0. The maximum absolute atomic E-state index is 12.3. The number of rotatable bonds is 5. The van der Waals surface area contributed by atoms with Gasteiger partial charge in [-0.05, 0) is 18.4 Å². The van der Waals surface area contributed by atoms with Crippen LogP contribution in [0.25, 0.3) is 22.3 Å². The fraction of sp³-hybridized carbons (Fsp3) is 0.368. The third-order valence-corrected chi connectivity index (χ3v) is 4.17. The smallest absolute Gasteiger partial charge is 0.242 e. The maximum atomic E-state index is 12.3. The Labute approximate surface area is 163 Å². The summed E-state index contributed by atoms with van der Waals surface area (Å²) in [4.78, 5) is 28.5. The van der Waals surface area contributed by atoms with Gasteiger partial charge in [-0.1, -0.05) is 32.4 Å². The van der Waals surface area contributed by atoms with Gasteiger partial charge in [0.2, 0.25) is 5.91 Å². The number of amides is 1. The largest absolute Gasteiger partial charge is 0.357 e. The highest BCUT2D eigenvalue weighted by atomic mass is 35.5. The molecule has 142 valence electrons. The zero-order chi connectivity index (χ0) is 19.6. The minimum Gasteiger partial charge on any atom is -0.357 e. The first-order valence-electron chi connectivity index (χ1n) is 8.72. The molecule has 0 radical (unpaired) electrons. The molecule has 8 heteroatoms. The van der Waals surface area contributed by atoms with Gasteiger partial charge < -0.3 is 15.6 Å². The van der Waals surface area contributed by atoms with Crippen LogP contribution in [0.4, 0.5) is 5.82 Å². The standard InChI is InChI=1S/C19H23ClN6O/c1-11(18(27)24-10-19(2,3)4)25-16-9-21-8-15(26-16)14-7-23-17-13(14)5-12(20)6-22-17/h5-9,11H,10H2,1-4H3,(H,22,23)(H,24,27)(H,25,26)/t11-/m0/s1. The van der Waals surface area contributed by atoms with E-state index in [1.165, 1.54) is 0 Å². The van der Waals surface area contributed by atoms with Gasteiger partial charge in [-0.25, -0.2) is 9.97 Å². The number of hydrogen-bond donors (Lipinski definition) is 3. The number of aromatic nitrogens is 4. The molecule has 3 aromatic heterocycles. The second-order valence-corrected chi connectivity index (χ2v) is 8.12. The Hall–Kier alpha value is -2.67. The van der Waals surface area contributed by atoms with Gasteiger partial charge in [-0.15, -0.1) is 0 Å².